The number of rotatable bonds is 3. The van der Waals surface area contributed by atoms with Gasteiger partial charge in [-0.1, -0.05) is 40.3 Å². The first-order valence-corrected chi connectivity index (χ1v) is 7.89. The van der Waals surface area contributed by atoms with E-state index in [4.69, 9.17) is 15.0 Å². The SMILES string of the molecule is COC1(c2noc(-c3ccc(Br)cc3N)n2)CCCCC1. The Labute approximate surface area is 132 Å². The van der Waals surface area contributed by atoms with E-state index >= 15 is 0 Å². The molecule has 0 bridgehead atoms. The molecule has 1 fully saturated rings. The van der Waals surface area contributed by atoms with Gasteiger partial charge in [0.2, 0.25) is 5.82 Å². The Bertz CT molecular complexity index is 636. The highest BCUT2D eigenvalue weighted by Gasteiger charge is 2.38. The third-order valence-electron chi connectivity index (χ3n) is 4.13. The maximum absolute atomic E-state index is 6.02. The highest BCUT2D eigenvalue weighted by Crippen LogP contribution is 2.39. The van der Waals surface area contributed by atoms with Gasteiger partial charge in [-0.05, 0) is 31.0 Å². The number of methoxy groups -OCH3 is 1. The molecule has 1 heterocycles. The first-order chi connectivity index (χ1) is 10.1. The van der Waals surface area contributed by atoms with Gasteiger partial charge in [0, 0.05) is 17.3 Å². The second-order valence-electron chi connectivity index (χ2n) is 5.41. The van der Waals surface area contributed by atoms with Crippen molar-refractivity contribution in [2.45, 2.75) is 37.7 Å². The summed E-state index contributed by atoms with van der Waals surface area (Å²) in [6.07, 6.45) is 5.34. The summed E-state index contributed by atoms with van der Waals surface area (Å²) >= 11 is 3.39. The molecule has 1 aromatic carbocycles. The molecule has 2 aromatic rings. The molecule has 2 N–H and O–H groups in total. The van der Waals surface area contributed by atoms with Crippen molar-refractivity contribution in [2.75, 3.05) is 12.8 Å². The number of anilines is 1. The number of ether oxygens (including phenoxy) is 1. The molecule has 0 amide bonds. The van der Waals surface area contributed by atoms with Crippen LogP contribution < -0.4 is 5.73 Å². The number of hydrogen-bond acceptors (Lipinski definition) is 5. The Kier molecular flexibility index (Phi) is 3.99. The normalized spacial score (nSPS) is 17.8. The topological polar surface area (TPSA) is 74.2 Å². The first kappa shape index (κ1) is 14.5. The predicted octanol–water partition coefficient (Wildman–Crippen LogP) is 3.89. The number of nitrogens with two attached hydrogens (primary N) is 1. The van der Waals surface area contributed by atoms with Gasteiger partial charge >= 0.3 is 0 Å². The van der Waals surface area contributed by atoms with Crippen LogP contribution in [0, 0.1) is 0 Å². The molecule has 0 atom stereocenters. The van der Waals surface area contributed by atoms with Crippen LogP contribution >= 0.6 is 15.9 Å². The molecule has 5 nitrogen and oxygen atoms in total. The van der Waals surface area contributed by atoms with E-state index in [0.29, 0.717) is 17.4 Å². The zero-order chi connectivity index (χ0) is 14.9. The third-order valence-corrected chi connectivity index (χ3v) is 4.62. The van der Waals surface area contributed by atoms with E-state index in [9.17, 15) is 0 Å². The summed E-state index contributed by atoms with van der Waals surface area (Å²) in [5.41, 5.74) is 6.96. The molecule has 0 unspecified atom stereocenters. The highest BCUT2D eigenvalue weighted by atomic mass is 79.9. The minimum absolute atomic E-state index is 0.413. The number of nitrogen functional groups attached to an aromatic ring is 1. The lowest BCUT2D eigenvalue weighted by Gasteiger charge is -2.32. The third kappa shape index (κ3) is 2.70. The van der Waals surface area contributed by atoms with Gasteiger partial charge in [0.05, 0.1) is 5.56 Å². The fourth-order valence-electron chi connectivity index (χ4n) is 2.89. The van der Waals surface area contributed by atoms with Crippen LogP contribution in [0.1, 0.15) is 37.9 Å². The van der Waals surface area contributed by atoms with Gasteiger partial charge in [0.15, 0.2) is 0 Å². The van der Waals surface area contributed by atoms with Crippen LogP contribution in [0.2, 0.25) is 0 Å². The Hall–Kier alpha value is -1.40. The lowest BCUT2D eigenvalue weighted by Crippen LogP contribution is -2.32. The molecule has 21 heavy (non-hydrogen) atoms. The molecular formula is C15H18BrN3O2. The van der Waals surface area contributed by atoms with Crippen LogP contribution in [-0.2, 0) is 10.3 Å². The summed E-state index contributed by atoms with van der Waals surface area (Å²) in [6.45, 7) is 0. The maximum atomic E-state index is 6.02. The predicted molar refractivity (Wildman–Crippen MR) is 83.6 cm³/mol. The van der Waals surface area contributed by atoms with Gasteiger partial charge in [0.1, 0.15) is 5.60 Å². The molecule has 1 aromatic heterocycles. The molecule has 6 heteroatoms. The second kappa shape index (κ2) is 5.77. The Balaban J connectivity index is 1.95. The number of benzene rings is 1. The molecule has 1 saturated carbocycles. The first-order valence-electron chi connectivity index (χ1n) is 7.09. The average Bonchev–Trinajstić information content (AvgIpc) is 2.98. The van der Waals surface area contributed by atoms with Gasteiger partial charge in [-0.3, -0.25) is 0 Å². The molecule has 0 radical (unpaired) electrons. The number of hydrogen-bond donors (Lipinski definition) is 1. The summed E-state index contributed by atoms with van der Waals surface area (Å²) in [5.74, 6) is 1.07. The van der Waals surface area contributed by atoms with Crippen molar-refractivity contribution in [2.24, 2.45) is 0 Å². The van der Waals surface area contributed by atoms with Crippen LogP contribution in [0.25, 0.3) is 11.5 Å². The number of nitrogens with zero attached hydrogens (tertiary/aromatic N) is 2. The zero-order valence-corrected chi connectivity index (χ0v) is 13.5. The molecule has 0 aliphatic heterocycles. The van der Waals surface area contributed by atoms with Gasteiger partial charge < -0.3 is 15.0 Å². The minimum Gasteiger partial charge on any atom is -0.398 e. The van der Waals surface area contributed by atoms with E-state index in [2.05, 4.69) is 26.1 Å². The quantitative estimate of drug-likeness (QED) is 0.849. The molecule has 112 valence electrons. The van der Waals surface area contributed by atoms with Crippen molar-refractivity contribution in [3.05, 3.63) is 28.5 Å². The minimum atomic E-state index is -0.413. The Morgan fingerprint density at radius 3 is 2.71 bits per heavy atom. The summed E-state index contributed by atoms with van der Waals surface area (Å²) in [4.78, 5) is 4.54. The van der Waals surface area contributed by atoms with Crippen LogP contribution in [0.3, 0.4) is 0 Å². The van der Waals surface area contributed by atoms with E-state index < -0.39 is 5.60 Å². The van der Waals surface area contributed by atoms with E-state index in [0.717, 1.165) is 35.7 Å². The largest absolute Gasteiger partial charge is 0.398 e. The monoisotopic (exact) mass is 351 g/mol. The molecule has 0 spiro atoms. The molecule has 0 saturated heterocycles. The smallest absolute Gasteiger partial charge is 0.260 e. The van der Waals surface area contributed by atoms with Gasteiger partial charge in [-0.15, -0.1) is 0 Å². The van der Waals surface area contributed by atoms with Crippen molar-refractivity contribution < 1.29 is 9.26 Å². The molecule has 1 aliphatic rings. The summed E-state index contributed by atoms with van der Waals surface area (Å²) in [6, 6.07) is 5.60. The fourth-order valence-corrected chi connectivity index (χ4v) is 3.27. The lowest BCUT2D eigenvalue weighted by atomic mass is 9.84. The van der Waals surface area contributed by atoms with Crippen LogP contribution in [0.15, 0.2) is 27.2 Å². The average molecular weight is 352 g/mol. The summed E-state index contributed by atoms with van der Waals surface area (Å²) in [7, 11) is 1.72. The highest BCUT2D eigenvalue weighted by molar-refractivity contribution is 9.10. The van der Waals surface area contributed by atoms with Gasteiger partial charge in [-0.2, -0.15) is 4.98 Å². The number of halogens is 1. The molecule has 1 aliphatic carbocycles. The standard InChI is InChI=1S/C15H18BrN3O2/c1-20-15(7-3-2-4-8-15)14-18-13(21-19-14)11-6-5-10(16)9-12(11)17/h5-6,9H,2-4,7-8,17H2,1H3. The van der Waals surface area contributed by atoms with Crippen LogP contribution in [0.4, 0.5) is 5.69 Å². The van der Waals surface area contributed by atoms with Crippen molar-refractivity contribution in [3.63, 3.8) is 0 Å². The summed E-state index contributed by atoms with van der Waals surface area (Å²) in [5, 5.41) is 4.14. The van der Waals surface area contributed by atoms with Crippen molar-refractivity contribution in [3.8, 4) is 11.5 Å². The molecular weight excluding hydrogens is 334 g/mol. The molecule has 3 rings (SSSR count). The van der Waals surface area contributed by atoms with E-state index in [-0.39, 0.29) is 0 Å². The van der Waals surface area contributed by atoms with Gasteiger partial charge in [-0.25, -0.2) is 0 Å². The fraction of sp³-hybridized carbons (Fsp3) is 0.467. The van der Waals surface area contributed by atoms with E-state index in [1.165, 1.54) is 6.42 Å². The van der Waals surface area contributed by atoms with E-state index in [1.807, 2.05) is 18.2 Å². The number of aromatic nitrogens is 2. The van der Waals surface area contributed by atoms with Crippen molar-refractivity contribution >= 4 is 21.6 Å². The van der Waals surface area contributed by atoms with Crippen molar-refractivity contribution in [1.82, 2.24) is 10.1 Å². The van der Waals surface area contributed by atoms with Crippen LogP contribution in [-0.4, -0.2) is 17.3 Å². The van der Waals surface area contributed by atoms with Crippen molar-refractivity contribution in [1.29, 1.82) is 0 Å². The second-order valence-corrected chi connectivity index (χ2v) is 6.33. The Morgan fingerprint density at radius 1 is 1.29 bits per heavy atom. The zero-order valence-electron chi connectivity index (χ0n) is 11.9. The Morgan fingerprint density at radius 2 is 2.05 bits per heavy atom. The lowest BCUT2D eigenvalue weighted by molar-refractivity contribution is -0.0527. The van der Waals surface area contributed by atoms with E-state index in [1.54, 1.807) is 7.11 Å². The van der Waals surface area contributed by atoms with Gasteiger partial charge in [0.25, 0.3) is 5.89 Å². The maximum Gasteiger partial charge on any atom is 0.260 e. The van der Waals surface area contributed by atoms with Crippen LogP contribution in [0.5, 0.6) is 0 Å². The summed E-state index contributed by atoms with van der Waals surface area (Å²) < 4.78 is 12.1.